The lowest BCUT2D eigenvalue weighted by Gasteiger charge is -2.21. The number of amides is 1. The lowest BCUT2D eigenvalue weighted by molar-refractivity contribution is -0.122. The highest BCUT2D eigenvalue weighted by Crippen LogP contribution is 2.26. The van der Waals surface area contributed by atoms with Crippen LogP contribution >= 0.6 is 0 Å². The maximum absolute atomic E-state index is 12.7. The third-order valence-electron chi connectivity index (χ3n) is 5.40. The second-order valence-corrected chi connectivity index (χ2v) is 7.81. The van der Waals surface area contributed by atoms with Crippen LogP contribution in [0.4, 0.5) is 0 Å². The standard InChI is InChI=1S/C28H27N3O2/c1-33-27-17-16-24-14-8-9-15-25(24)26(27)18-29-30-28(32)21-31(19-22-10-4-2-5-11-22)20-23-12-6-3-7-13-23/h2-18H,19-21H2,1H3,(H,30,32)/b29-18+. The van der Waals surface area contributed by atoms with Crippen LogP contribution < -0.4 is 10.2 Å². The number of fused-ring (bicyclic) bond motifs is 1. The first-order valence-electron chi connectivity index (χ1n) is 10.9. The molecule has 4 aromatic carbocycles. The average molecular weight is 438 g/mol. The monoisotopic (exact) mass is 437 g/mol. The van der Waals surface area contributed by atoms with E-state index < -0.39 is 0 Å². The minimum atomic E-state index is -0.169. The summed E-state index contributed by atoms with van der Waals surface area (Å²) in [7, 11) is 1.63. The van der Waals surface area contributed by atoms with Crippen molar-refractivity contribution in [2.24, 2.45) is 5.10 Å². The lowest BCUT2D eigenvalue weighted by Crippen LogP contribution is -2.34. The van der Waals surface area contributed by atoms with Gasteiger partial charge in [-0.05, 0) is 28.0 Å². The molecule has 1 amide bonds. The fourth-order valence-corrected chi connectivity index (χ4v) is 3.84. The Hall–Kier alpha value is -3.96. The molecule has 0 aliphatic heterocycles. The molecule has 5 heteroatoms. The Balaban J connectivity index is 1.46. The van der Waals surface area contributed by atoms with Crippen LogP contribution in [0.5, 0.6) is 5.75 Å². The summed E-state index contributed by atoms with van der Waals surface area (Å²) in [6.45, 7) is 1.57. The van der Waals surface area contributed by atoms with Crippen LogP contribution in [-0.4, -0.2) is 30.7 Å². The van der Waals surface area contributed by atoms with Crippen molar-refractivity contribution >= 4 is 22.9 Å². The largest absolute Gasteiger partial charge is 0.496 e. The van der Waals surface area contributed by atoms with Gasteiger partial charge in [-0.25, -0.2) is 5.43 Å². The molecule has 0 aromatic heterocycles. The molecule has 0 bridgehead atoms. The number of carbonyl (C=O) groups is 1. The Bertz CT molecular complexity index is 1180. The summed E-state index contributed by atoms with van der Waals surface area (Å²) in [6, 6.07) is 32.3. The third-order valence-corrected chi connectivity index (χ3v) is 5.40. The van der Waals surface area contributed by atoms with E-state index in [1.54, 1.807) is 13.3 Å². The van der Waals surface area contributed by atoms with Crippen LogP contribution in [0.2, 0.25) is 0 Å². The van der Waals surface area contributed by atoms with Gasteiger partial charge in [-0.1, -0.05) is 91.0 Å². The van der Waals surface area contributed by atoms with Gasteiger partial charge in [0.1, 0.15) is 5.75 Å². The molecule has 33 heavy (non-hydrogen) atoms. The molecule has 0 unspecified atom stereocenters. The van der Waals surface area contributed by atoms with E-state index in [1.807, 2.05) is 72.8 Å². The predicted octanol–water partition coefficient (Wildman–Crippen LogP) is 5.00. The van der Waals surface area contributed by atoms with E-state index in [0.717, 1.165) is 27.5 Å². The number of hydrogen-bond acceptors (Lipinski definition) is 4. The van der Waals surface area contributed by atoms with Crippen LogP contribution in [0.25, 0.3) is 10.8 Å². The zero-order valence-electron chi connectivity index (χ0n) is 18.6. The average Bonchev–Trinajstić information content (AvgIpc) is 2.85. The number of nitrogens with zero attached hydrogens (tertiary/aromatic N) is 2. The zero-order valence-corrected chi connectivity index (χ0v) is 18.6. The number of benzene rings is 4. The molecule has 5 nitrogen and oxygen atoms in total. The lowest BCUT2D eigenvalue weighted by atomic mass is 10.0. The molecule has 0 saturated carbocycles. The van der Waals surface area contributed by atoms with Crippen LogP contribution in [0, 0.1) is 0 Å². The van der Waals surface area contributed by atoms with Gasteiger partial charge in [-0.3, -0.25) is 9.69 Å². The number of ether oxygens (including phenoxy) is 1. The van der Waals surface area contributed by atoms with Crippen molar-refractivity contribution in [2.75, 3.05) is 13.7 Å². The molecule has 4 aromatic rings. The number of nitrogens with one attached hydrogen (secondary N) is 1. The maximum atomic E-state index is 12.7. The smallest absolute Gasteiger partial charge is 0.254 e. The summed E-state index contributed by atoms with van der Waals surface area (Å²) in [5.41, 5.74) is 5.83. The number of carbonyl (C=O) groups excluding carboxylic acids is 1. The van der Waals surface area contributed by atoms with Gasteiger partial charge in [0.05, 0.1) is 19.9 Å². The molecule has 1 N–H and O–H groups in total. The summed E-state index contributed by atoms with van der Waals surface area (Å²) in [5.74, 6) is 0.541. The van der Waals surface area contributed by atoms with Crippen molar-refractivity contribution in [1.82, 2.24) is 10.3 Å². The number of hydrogen-bond donors (Lipinski definition) is 1. The van der Waals surface area contributed by atoms with E-state index in [2.05, 4.69) is 39.7 Å². The molecule has 166 valence electrons. The van der Waals surface area contributed by atoms with Crippen molar-refractivity contribution in [3.63, 3.8) is 0 Å². The Morgan fingerprint density at radius 2 is 1.45 bits per heavy atom. The van der Waals surface area contributed by atoms with Gasteiger partial charge in [-0.15, -0.1) is 0 Å². The second-order valence-electron chi connectivity index (χ2n) is 7.81. The van der Waals surface area contributed by atoms with Gasteiger partial charge in [0.25, 0.3) is 5.91 Å². The van der Waals surface area contributed by atoms with Crippen molar-refractivity contribution < 1.29 is 9.53 Å². The van der Waals surface area contributed by atoms with Gasteiger partial charge in [0.2, 0.25) is 0 Å². The second kappa shape index (κ2) is 11.1. The number of methoxy groups -OCH3 is 1. The fourth-order valence-electron chi connectivity index (χ4n) is 3.84. The Morgan fingerprint density at radius 3 is 2.09 bits per heavy atom. The summed E-state index contributed by atoms with van der Waals surface area (Å²) < 4.78 is 5.50. The summed E-state index contributed by atoms with van der Waals surface area (Å²) in [5, 5.41) is 6.34. The Labute approximate surface area is 194 Å². The highest BCUT2D eigenvalue weighted by atomic mass is 16.5. The van der Waals surface area contributed by atoms with Crippen molar-refractivity contribution in [3.05, 3.63) is 114 Å². The molecule has 0 fully saturated rings. The highest BCUT2D eigenvalue weighted by Gasteiger charge is 2.12. The number of rotatable bonds is 9. The molecule has 0 saturated heterocycles. The minimum Gasteiger partial charge on any atom is -0.496 e. The quantitative estimate of drug-likeness (QED) is 0.296. The Morgan fingerprint density at radius 1 is 0.848 bits per heavy atom. The molecule has 0 aliphatic carbocycles. The van der Waals surface area contributed by atoms with E-state index >= 15 is 0 Å². The Kier molecular flexibility index (Phi) is 7.46. The first-order chi connectivity index (χ1) is 16.2. The van der Waals surface area contributed by atoms with E-state index in [9.17, 15) is 4.79 Å². The molecule has 0 radical (unpaired) electrons. The van der Waals surface area contributed by atoms with Crippen molar-refractivity contribution in [1.29, 1.82) is 0 Å². The fraction of sp³-hybridized carbons (Fsp3) is 0.143. The normalized spacial score (nSPS) is 11.2. The van der Waals surface area contributed by atoms with Gasteiger partial charge in [0.15, 0.2) is 0 Å². The van der Waals surface area contributed by atoms with Gasteiger partial charge >= 0.3 is 0 Å². The van der Waals surface area contributed by atoms with Crippen LogP contribution in [0.3, 0.4) is 0 Å². The molecule has 0 atom stereocenters. The molecule has 4 rings (SSSR count). The summed E-state index contributed by atoms with van der Waals surface area (Å²) >= 11 is 0. The summed E-state index contributed by atoms with van der Waals surface area (Å²) in [6.07, 6.45) is 1.65. The molecular formula is C28H27N3O2. The van der Waals surface area contributed by atoms with Gasteiger partial charge in [0, 0.05) is 18.7 Å². The first-order valence-corrected chi connectivity index (χ1v) is 10.9. The van der Waals surface area contributed by atoms with E-state index in [4.69, 9.17) is 4.74 Å². The van der Waals surface area contributed by atoms with Crippen LogP contribution in [0.1, 0.15) is 16.7 Å². The van der Waals surface area contributed by atoms with Crippen molar-refractivity contribution in [3.8, 4) is 5.75 Å². The molecule has 0 aliphatic rings. The first kappa shape index (κ1) is 22.2. The topological polar surface area (TPSA) is 53.9 Å². The third kappa shape index (κ3) is 6.05. The maximum Gasteiger partial charge on any atom is 0.254 e. The zero-order chi connectivity index (χ0) is 22.9. The van der Waals surface area contributed by atoms with E-state index in [0.29, 0.717) is 18.8 Å². The van der Waals surface area contributed by atoms with E-state index in [1.165, 1.54) is 0 Å². The summed E-state index contributed by atoms with van der Waals surface area (Å²) in [4.78, 5) is 14.8. The SMILES string of the molecule is COc1ccc2ccccc2c1/C=N/NC(=O)CN(Cc1ccccc1)Cc1ccccc1. The predicted molar refractivity (Wildman–Crippen MR) is 133 cm³/mol. The van der Waals surface area contributed by atoms with Gasteiger partial charge < -0.3 is 4.74 Å². The number of hydrazone groups is 1. The van der Waals surface area contributed by atoms with E-state index in [-0.39, 0.29) is 12.5 Å². The molecule has 0 spiro atoms. The van der Waals surface area contributed by atoms with Crippen LogP contribution in [0.15, 0.2) is 102 Å². The minimum absolute atomic E-state index is 0.169. The van der Waals surface area contributed by atoms with Crippen LogP contribution in [-0.2, 0) is 17.9 Å². The molecular weight excluding hydrogens is 410 g/mol. The van der Waals surface area contributed by atoms with Gasteiger partial charge in [-0.2, -0.15) is 5.10 Å². The molecule has 0 heterocycles. The highest BCUT2D eigenvalue weighted by molar-refractivity contribution is 6.02. The van der Waals surface area contributed by atoms with Crippen molar-refractivity contribution in [2.45, 2.75) is 13.1 Å².